The Morgan fingerprint density at radius 3 is 2.94 bits per heavy atom. The van der Waals surface area contributed by atoms with Crippen LogP contribution in [0.2, 0.25) is 0 Å². The number of hydrogen-bond donors (Lipinski definition) is 1. The zero-order chi connectivity index (χ0) is 12.3. The van der Waals surface area contributed by atoms with E-state index in [-0.39, 0.29) is 12.5 Å². The van der Waals surface area contributed by atoms with Crippen LogP contribution in [0, 0.1) is 5.92 Å². The molecule has 1 fully saturated rings. The van der Waals surface area contributed by atoms with E-state index in [1.165, 1.54) is 17.9 Å². The van der Waals surface area contributed by atoms with Crippen molar-refractivity contribution in [3.8, 4) is 0 Å². The van der Waals surface area contributed by atoms with E-state index in [4.69, 9.17) is 5.73 Å². The molecule has 0 aromatic heterocycles. The first-order valence-electron chi connectivity index (χ1n) is 5.94. The van der Waals surface area contributed by atoms with Crippen LogP contribution < -0.4 is 5.73 Å². The molecule has 1 saturated carbocycles. The van der Waals surface area contributed by atoms with Gasteiger partial charge >= 0.3 is 6.09 Å². The Balaban J connectivity index is 1.72. The third kappa shape index (κ3) is 3.72. The van der Waals surface area contributed by atoms with Crippen molar-refractivity contribution in [2.45, 2.75) is 32.1 Å². The summed E-state index contributed by atoms with van der Waals surface area (Å²) in [5.74, 6) is 0.833. The lowest BCUT2D eigenvalue weighted by Crippen LogP contribution is -2.22. The van der Waals surface area contributed by atoms with Crippen molar-refractivity contribution in [1.29, 1.82) is 0 Å². The second-order valence-corrected chi connectivity index (χ2v) is 4.51. The molecule has 0 saturated heterocycles. The first-order valence-corrected chi connectivity index (χ1v) is 5.94. The minimum Gasteiger partial charge on any atom is -0.449 e. The quantitative estimate of drug-likeness (QED) is 0.746. The van der Waals surface area contributed by atoms with Crippen molar-refractivity contribution in [3.63, 3.8) is 0 Å². The SMILES string of the molecule is NC(=O)OCCC1=NN(CCC2CC2)C(=O)C1. The topological polar surface area (TPSA) is 85.0 Å². The van der Waals surface area contributed by atoms with Crippen LogP contribution in [0.1, 0.15) is 32.1 Å². The van der Waals surface area contributed by atoms with Crippen molar-refractivity contribution >= 4 is 17.7 Å². The average Bonchev–Trinajstić information content (AvgIpc) is 3.01. The molecule has 0 radical (unpaired) electrons. The summed E-state index contributed by atoms with van der Waals surface area (Å²) in [6.07, 6.45) is 3.64. The molecule has 2 rings (SSSR count). The van der Waals surface area contributed by atoms with Gasteiger partial charge in [0, 0.05) is 13.0 Å². The Bertz CT molecular complexity index is 350. The molecule has 0 aromatic carbocycles. The molecule has 0 aromatic rings. The maximum Gasteiger partial charge on any atom is 0.404 e. The predicted octanol–water partition coefficient (Wildman–Crippen LogP) is 0.860. The molecule has 1 aliphatic heterocycles. The van der Waals surface area contributed by atoms with Gasteiger partial charge in [-0.1, -0.05) is 12.8 Å². The van der Waals surface area contributed by atoms with Crippen LogP contribution in [-0.4, -0.2) is 35.9 Å². The second kappa shape index (κ2) is 5.16. The number of ether oxygens (including phenoxy) is 1. The van der Waals surface area contributed by atoms with Gasteiger partial charge in [-0.3, -0.25) is 4.79 Å². The Hall–Kier alpha value is -1.59. The van der Waals surface area contributed by atoms with E-state index in [1.807, 2.05) is 0 Å². The smallest absolute Gasteiger partial charge is 0.404 e. The number of nitrogens with zero attached hydrogens (tertiary/aromatic N) is 2. The first-order chi connectivity index (χ1) is 8.15. The van der Waals surface area contributed by atoms with E-state index in [2.05, 4.69) is 9.84 Å². The molecule has 2 N–H and O–H groups in total. The molecule has 0 atom stereocenters. The van der Waals surface area contributed by atoms with Crippen molar-refractivity contribution < 1.29 is 14.3 Å². The van der Waals surface area contributed by atoms with E-state index in [9.17, 15) is 9.59 Å². The lowest BCUT2D eigenvalue weighted by molar-refractivity contribution is -0.128. The average molecular weight is 239 g/mol. The maximum atomic E-state index is 11.6. The summed E-state index contributed by atoms with van der Waals surface area (Å²) in [4.78, 5) is 22.0. The highest BCUT2D eigenvalue weighted by atomic mass is 16.5. The van der Waals surface area contributed by atoms with Gasteiger partial charge in [0.2, 0.25) is 5.91 Å². The van der Waals surface area contributed by atoms with Gasteiger partial charge in [0.25, 0.3) is 0 Å². The van der Waals surface area contributed by atoms with Gasteiger partial charge in [-0.15, -0.1) is 0 Å². The summed E-state index contributed by atoms with van der Waals surface area (Å²) in [7, 11) is 0. The van der Waals surface area contributed by atoms with Crippen LogP contribution in [0.25, 0.3) is 0 Å². The van der Waals surface area contributed by atoms with Crippen LogP contribution >= 0.6 is 0 Å². The summed E-state index contributed by atoms with van der Waals surface area (Å²) >= 11 is 0. The van der Waals surface area contributed by atoms with Gasteiger partial charge in [0.05, 0.1) is 18.7 Å². The summed E-state index contributed by atoms with van der Waals surface area (Å²) < 4.78 is 4.61. The summed E-state index contributed by atoms with van der Waals surface area (Å²) in [6, 6.07) is 0. The summed E-state index contributed by atoms with van der Waals surface area (Å²) in [5.41, 5.74) is 5.61. The first kappa shape index (κ1) is 11.9. The number of nitrogens with two attached hydrogens (primary N) is 1. The molecule has 94 valence electrons. The number of hydrogen-bond acceptors (Lipinski definition) is 4. The summed E-state index contributed by atoms with van der Waals surface area (Å²) in [5, 5.41) is 5.77. The van der Waals surface area contributed by atoms with Crippen LogP contribution in [0.4, 0.5) is 4.79 Å². The summed E-state index contributed by atoms with van der Waals surface area (Å²) in [6.45, 7) is 0.904. The number of amides is 2. The third-order valence-corrected chi connectivity index (χ3v) is 2.99. The van der Waals surface area contributed by atoms with E-state index < -0.39 is 6.09 Å². The highest BCUT2D eigenvalue weighted by Crippen LogP contribution is 2.32. The molecule has 2 amide bonds. The van der Waals surface area contributed by atoms with Crippen LogP contribution in [0.15, 0.2) is 5.10 Å². The largest absolute Gasteiger partial charge is 0.449 e. The number of rotatable bonds is 6. The molecule has 0 unspecified atom stereocenters. The molecule has 1 aliphatic carbocycles. The Morgan fingerprint density at radius 2 is 2.29 bits per heavy atom. The maximum absolute atomic E-state index is 11.6. The number of carbonyl (C=O) groups is 2. The Kier molecular flexibility index (Phi) is 3.61. The lowest BCUT2D eigenvalue weighted by atomic mass is 10.2. The van der Waals surface area contributed by atoms with Crippen LogP contribution in [0.3, 0.4) is 0 Å². The lowest BCUT2D eigenvalue weighted by Gasteiger charge is -2.10. The third-order valence-electron chi connectivity index (χ3n) is 2.99. The van der Waals surface area contributed by atoms with Crippen molar-refractivity contribution in [3.05, 3.63) is 0 Å². The van der Waals surface area contributed by atoms with Gasteiger partial charge in [-0.05, 0) is 12.3 Å². The fraction of sp³-hybridized carbons (Fsp3) is 0.727. The van der Waals surface area contributed by atoms with Gasteiger partial charge in [0.15, 0.2) is 0 Å². The monoisotopic (exact) mass is 239 g/mol. The molecular formula is C11H17N3O3. The van der Waals surface area contributed by atoms with Crippen molar-refractivity contribution in [1.82, 2.24) is 5.01 Å². The molecule has 17 heavy (non-hydrogen) atoms. The van der Waals surface area contributed by atoms with E-state index in [0.29, 0.717) is 19.4 Å². The number of carbonyl (C=O) groups excluding carboxylic acids is 2. The molecule has 0 bridgehead atoms. The van der Waals surface area contributed by atoms with Gasteiger partial charge < -0.3 is 10.5 Å². The van der Waals surface area contributed by atoms with Gasteiger partial charge in [0.1, 0.15) is 0 Å². The fourth-order valence-electron chi connectivity index (χ4n) is 1.82. The highest BCUT2D eigenvalue weighted by molar-refractivity contribution is 6.04. The minimum absolute atomic E-state index is 0.0414. The standard InChI is InChI=1S/C11H17N3O3/c12-11(16)17-6-4-9-7-10(15)14(13-9)5-3-8-1-2-8/h8H,1-7H2,(H2,12,16). The number of primary amides is 1. The second-order valence-electron chi connectivity index (χ2n) is 4.51. The Morgan fingerprint density at radius 1 is 1.53 bits per heavy atom. The zero-order valence-corrected chi connectivity index (χ0v) is 9.72. The fourth-order valence-corrected chi connectivity index (χ4v) is 1.82. The van der Waals surface area contributed by atoms with Crippen LogP contribution in [-0.2, 0) is 9.53 Å². The van der Waals surface area contributed by atoms with Crippen molar-refractivity contribution in [2.75, 3.05) is 13.2 Å². The van der Waals surface area contributed by atoms with E-state index in [0.717, 1.165) is 18.1 Å². The molecule has 6 nitrogen and oxygen atoms in total. The van der Waals surface area contributed by atoms with E-state index in [1.54, 1.807) is 0 Å². The van der Waals surface area contributed by atoms with Crippen LogP contribution in [0.5, 0.6) is 0 Å². The minimum atomic E-state index is -0.791. The molecule has 2 aliphatic rings. The van der Waals surface area contributed by atoms with Gasteiger partial charge in [-0.25, -0.2) is 9.80 Å². The zero-order valence-electron chi connectivity index (χ0n) is 9.72. The van der Waals surface area contributed by atoms with Crippen molar-refractivity contribution in [2.24, 2.45) is 16.8 Å². The number of hydrazone groups is 1. The highest BCUT2D eigenvalue weighted by Gasteiger charge is 2.27. The molecular weight excluding hydrogens is 222 g/mol. The Labute approximate surface area is 99.8 Å². The predicted molar refractivity (Wildman–Crippen MR) is 61.3 cm³/mol. The molecule has 6 heteroatoms. The normalized spacial score (nSPS) is 19.4. The molecule has 0 spiro atoms. The molecule has 1 heterocycles. The van der Waals surface area contributed by atoms with E-state index >= 15 is 0 Å². The van der Waals surface area contributed by atoms with Gasteiger partial charge in [-0.2, -0.15) is 5.10 Å².